The zero-order chi connectivity index (χ0) is 19.7. The standard InChI is InChI=1S/C18H28N4O4S/c1-3-26-18(23)22-12-9-15(10-13-22)21-17(19-2)20-11-14-27(24,25)16-7-5-4-6-8-16/h4-8,15H,3,9-14H2,1-2H3,(H2,19,20,21). The highest BCUT2D eigenvalue weighted by Crippen LogP contribution is 2.12. The first-order valence-electron chi connectivity index (χ1n) is 9.13. The third-order valence-electron chi connectivity index (χ3n) is 4.35. The fourth-order valence-corrected chi connectivity index (χ4v) is 4.04. The van der Waals surface area contributed by atoms with E-state index >= 15 is 0 Å². The van der Waals surface area contributed by atoms with Gasteiger partial charge in [0.15, 0.2) is 15.8 Å². The molecule has 0 radical (unpaired) electrons. The summed E-state index contributed by atoms with van der Waals surface area (Å²) in [6.45, 7) is 3.67. The van der Waals surface area contributed by atoms with Crippen LogP contribution in [0.5, 0.6) is 0 Å². The second kappa shape index (κ2) is 10.1. The number of carbonyl (C=O) groups excluding carboxylic acids is 1. The number of ether oxygens (including phenoxy) is 1. The fourth-order valence-electron chi connectivity index (χ4n) is 2.86. The molecule has 1 aliphatic rings. The number of hydrogen-bond acceptors (Lipinski definition) is 5. The van der Waals surface area contributed by atoms with Gasteiger partial charge in [0.25, 0.3) is 0 Å². The van der Waals surface area contributed by atoms with Gasteiger partial charge < -0.3 is 20.3 Å². The molecule has 0 bridgehead atoms. The number of hydrogen-bond donors (Lipinski definition) is 2. The highest BCUT2D eigenvalue weighted by atomic mass is 32.2. The first kappa shape index (κ1) is 21.0. The maximum atomic E-state index is 12.3. The first-order valence-corrected chi connectivity index (χ1v) is 10.8. The topological polar surface area (TPSA) is 100 Å². The number of aliphatic imine (C=N–C) groups is 1. The van der Waals surface area contributed by atoms with Gasteiger partial charge in [-0.3, -0.25) is 4.99 Å². The van der Waals surface area contributed by atoms with Gasteiger partial charge in [0, 0.05) is 32.7 Å². The predicted molar refractivity (Wildman–Crippen MR) is 105 cm³/mol. The van der Waals surface area contributed by atoms with Crippen molar-refractivity contribution < 1.29 is 17.9 Å². The number of likely N-dealkylation sites (tertiary alicyclic amines) is 1. The van der Waals surface area contributed by atoms with E-state index in [1.165, 1.54) is 0 Å². The summed E-state index contributed by atoms with van der Waals surface area (Å²) in [4.78, 5) is 17.9. The minimum Gasteiger partial charge on any atom is -0.450 e. The number of sulfone groups is 1. The Hall–Kier alpha value is -2.29. The van der Waals surface area contributed by atoms with Crippen LogP contribution in [0.1, 0.15) is 19.8 Å². The summed E-state index contributed by atoms with van der Waals surface area (Å²) in [6.07, 6.45) is 1.29. The van der Waals surface area contributed by atoms with Crippen molar-refractivity contribution in [2.75, 3.05) is 39.0 Å². The van der Waals surface area contributed by atoms with E-state index in [4.69, 9.17) is 4.74 Å². The van der Waals surface area contributed by atoms with E-state index in [1.807, 2.05) is 0 Å². The summed E-state index contributed by atoms with van der Waals surface area (Å²) in [7, 11) is -1.68. The van der Waals surface area contributed by atoms with Crippen molar-refractivity contribution in [2.24, 2.45) is 4.99 Å². The lowest BCUT2D eigenvalue weighted by Gasteiger charge is -2.32. The summed E-state index contributed by atoms with van der Waals surface area (Å²) >= 11 is 0. The van der Waals surface area contributed by atoms with Crippen molar-refractivity contribution in [1.82, 2.24) is 15.5 Å². The van der Waals surface area contributed by atoms with E-state index < -0.39 is 9.84 Å². The van der Waals surface area contributed by atoms with Gasteiger partial charge in [-0.15, -0.1) is 0 Å². The molecule has 150 valence electrons. The molecule has 0 aliphatic carbocycles. The molecule has 9 heteroatoms. The van der Waals surface area contributed by atoms with Crippen LogP contribution in [0, 0.1) is 0 Å². The molecule has 0 aromatic heterocycles. The minimum atomic E-state index is -3.32. The molecule has 8 nitrogen and oxygen atoms in total. The van der Waals surface area contributed by atoms with Gasteiger partial charge in [0.1, 0.15) is 0 Å². The molecule has 0 spiro atoms. The molecule has 1 heterocycles. The van der Waals surface area contributed by atoms with E-state index in [2.05, 4.69) is 15.6 Å². The lowest BCUT2D eigenvalue weighted by atomic mass is 10.1. The van der Waals surface area contributed by atoms with Gasteiger partial charge in [-0.05, 0) is 31.9 Å². The molecule has 1 saturated heterocycles. The predicted octanol–water partition coefficient (Wildman–Crippen LogP) is 1.25. The van der Waals surface area contributed by atoms with Crippen molar-refractivity contribution in [1.29, 1.82) is 0 Å². The Kier molecular flexibility index (Phi) is 7.90. The Morgan fingerprint density at radius 3 is 2.52 bits per heavy atom. The third kappa shape index (κ3) is 6.42. The highest BCUT2D eigenvalue weighted by molar-refractivity contribution is 7.91. The third-order valence-corrected chi connectivity index (χ3v) is 6.08. The maximum absolute atomic E-state index is 12.3. The number of nitrogens with one attached hydrogen (secondary N) is 2. The van der Waals surface area contributed by atoms with E-state index in [0.29, 0.717) is 30.6 Å². The average molecular weight is 397 g/mol. The average Bonchev–Trinajstić information content (AvgIpc) is 2.68. The molecule has 1 aliphatic heterocycles. The number of benzene rings is 1. The van der Waals surface area contributed by atoms with E-state index in [0.717, 1.165) is 12.8 Å². The molecule has 1 aromatic rings. The van der Waals surface area contributed by atoms with E-state index in [1.54, 1.807) is 49.2 Å². The molecule has 2 N–H and O–H groups in total. The molecular formula is C18H28N4O4S. The quantitative estimate of drug-likeness (QED) is 0.554. The normalized spacial score (nSPS) is 16.1. The first-order chi connectivity index (χ1) is 13.0. The van der Waals surface area contributed by atoms with Crippen LogP contribution < -0.4 is 10.6 Å². The number of carbonyl (C=O) groups is 1. The molecule has 0 atom stereocenters. The Morgan fingerprint density at radius 2 is 1.93 bits per heavy atom. The number of nitrogens with zero attached hydrogens (tertiary/aromatic N) is 2. The molecule has 1 aromatic carbocycles. The number of amides is 1. The van der Waals surface area contributed by atoms with Crippen molar-refractivity contribution >= 4 is 21.9 Å². The molecule has 1 amide bonds. The molecular weight excluding hydrogens is 368 g/mol. The van der Waals surface area contributed by atoms with Crippen molar-refractivity contribution in [2.45, 2.75) is 30.7 Å². The summed E-state index contributed by atoms with van der Waals surface area (Å²) in [5, 5.41) is 6.34. The summed E-state index contributed by atoms with van der Waals surface area (Å²) in [5.41, 5.74) is 0. The Bertz CT molecular complexity index is 729. The van der Waals surface area contributed by atoms with Crippen LogP contribution in [-0.4, -0.2) is 70.5 Å². The molecule has 27 heavy (non-hydrogen) atoms. The zero-order valence-electron chi connectivity index (χ0n) is 15.8. The van der Waals surface area contributed by atoms with Crippen LogP contribution in [0.25, 0.3) is 0 Å². The van der Waals surface area contributed by atoms with Crippen molar-refractivity contribution in [3.8, 4) is 0 Å². The lowest BCUT2D eigenvalue weighted by Crippen LogP contribution is -2.50. The van der Waals surface area contributed by atoms with E-state index in [9.17, 15) is 13.2 Å². The van der Waals surface area contributed by atoms with Crippen LogP contribution >= 0.6 is 0 Å². The summed E-state index contributed by atoms with van der Waals surface area (Å²) in [5.74, 6) is 0.548. The minimum absolute atomic E-state index is 0.0149. The van der Waals surface area contributed by atoms with Gasteiger partial charge >= 0.3 is 6.09 Å². The Balaban J connectivity index is 1.76. The lowest BCUT2D eigenvalue weighted by molar-refractivity contribution is 0.0963. The summed E-state index contributed by atoms with van der Waals surface area (Å²) in [6, 6.07) is 8.58. The fraction of sp³-hybridized carbons (Fsp3) is 0.556. The van der Waals surface area contributed by atoms with Crippen LogP contribution in [0.4, 0.5) is 4.79 Å². The molecule has 0 unspecified atom stereocenters. The van der Waals surface area contributed by atoms with Gasteiger partial charge in [-0.1, -0.05) is 18.2 Å². The second-order valence-corrected chi connectivity index (χ2v) is 8.34. The monoisotopic (exact) mass is 396 g/mol. The Morgan fingerprint density at radius 1 is 1.26 bits per heavy atom. The number of guanidine groups is 1. The molecule has 2 rings (SSSR count). The van der Waals surface area contributed by atoms with Crippen LogP contribution in [0.2, 0.25) is 0 Å². The Labute approximate surface area is 160 Å². The smallest absolute Gasteiger partial charge is 0.409 e. The maximum Gasteiger partial charge on any atom is 0.409 e. The van der Waals surface area contributed by atoms with Gasteiger partial charge in [0.05, 0.1) is 17.3 Å². The molecule has 0 saturated carbocycles. The molecule has 1 fully saturated rings. The van der Waals surface area contributed by atoms with E-state index in [-0.39, 0.29) is 24.4 Å². The summed E-state index contributed by atoms with van der Waals surface area (Å²) < 4.78 is 29.6. The number of piperidine rings is 1. The second-order valence-electron chi connectivity index (χ2n) is 6.24. The van der Waals surface area contributed by atoms with Crippen molar-refractivity contribution in [3.05, 3.63) is 30.3 Å². The van der Waals surface area contributed by atoms with Crippen molar-refractivity contribution in [3.63, 3.8) is 0 Å². The van der Waals surface area contributed by atoms with Crippen LogP contribution in [0.15, 0.2) is 40.2 Å². The van der Waals surface area contributed by atoms with Crippen LogP contribution in [-0.2, 0) is 14.6 Å². The largest absolute Gasteiger partial charge is 0.450 e. The number of rotatable bonds is 6. The van der Waals surface area contributed by atoms with Gasteiger partial charge in [-0.2, -0.15) is 0 Å². The van der Waals surface area contributed by atoms with Gasteiger partial charge in [-0.25, -0.2) is 13.2 Å². The SMILES string of the molecule is CCOC(=O)N1CCC(NC(=NC)NCCS(=O)(=O)c2ccccc2)CC1. The zero-order valence-corrected chi connectivity index (χ0v) is 16.7. The van der Waals surface area contributed by atoms with Gasteiger partial charge in [0.2, 0.25) is 0 Å². The van der Waals surface area contributed by atoms with Crippen LogP contribution in [0.3, 0.4) is 0 Å². The highest BCUT2D eigenvalue weighted by Gasteiger charge is 2.24.